The van der Waals surface area contributed by atoms with E-state index in [1.54, 1.807) is 25.4 Å². The van der Waals surface area contributed by atoms with Gasteiger partial charge in [0.15, 0.2) is 0 Å². The van der Waals surface area contributed by atoms with Crippen molar-refractivity contribution in [1.29, 1.82) is 0 Å². The number of carbonyl (C=O) groups excluding carboxylic acids is 1. The third kappa shape index (κ3) is 4.85. The van der Waals surface area contributed by atoms with E-state index in [0.29, 0.717) is 23.3 Å². The fourth-order valence-electron chi connectivity index (χ4n) is 4.04. The van der Waals surface area contributed by atoms with Crippen molar-refractivity contribution in [3.8, 4) is 5.88 Å². The Hall–Kier alpha value is -2.43. The van der Waals surface area contributed by atoms with Crippen LogP contribution in [0.1, 0.15) is 66.6 Å². The predicted molar refractivity (Wildman–Crippen MR) is 106 cm³/mol. The predicted octanol–water partition coefficient (Wildman–Crippen LogP) is 4.28. The van der Waals surface area contributed by atoms with Crippen LogP contribution in [0.4, 0.5) is 0 Å². The number of rotatable bonds is 6. The highest BCUT2D eigenvalue weighted by Crippen LogP contribution is 2.37. The average molecular weight is 367 g/mol. The fraction of sp³-hybridized carbons (Fsp3) is 0.500. The normalized spacial score (nSPS) is 20.7. The van der Waals surface area contributed by atoms with Crippen LogP contribution in [-0.2, 0) is 0 Å². The first-order valence-corrected chi connectivity index (χ1v) is 9.84. The van der Waals surface area contributed by atoms with E-state index in [4.69, 9.17) is 4.74 Å². The third-order valence-electron chi connectivity index (χ3n) is 5.66. The van der Waals surface area contributed by atoms with Crippen LogP contribution in [0.25, 0.3) is 0 Å². The molecule has 1 fully saturated rings. The van der Waals surface area contributed by atoms with Gasteiger partial charge in [-0.05, 0) is 68.7 Å². The number of amides is 1. The Labute approximate surface area is 161 Å². The summed E-state index contributed by atoms with van der Waals surface area (Å²) in [5, 5.41) is 3.22. The van der Waals surface area contributed by atoms with E-state index >= 15 is 0 Å². The van der Waals surface area contributed by atoms with Crippen molar-refractivity contribution in [2.75, 3.05) is 7.11 Å². The summed E-state index contributed by atoms with van der Waals surface area (Å²) in [6.07, 6.45) is 8.94. The van der Waals surface area contributed by atoms with Gasteiger partial charge in [-0.3, -0.25) is 9.78 Å². The summed E-state index contributed by atoms with van der Waals surface area (Å²) in [5.41, 5.74) is 3.07. The van der Waals surface area contributed by atoms with Crippen molar-refractivity contribution in [3.05, 3.63) is 53.5 Å². The van der Waals surface area contributed by atoms with Crippen molar-refractivity contribution < 1.29 is 9.53 Å². The molecule has 2 aromatic rings. The summed E-state index contributed by atoms with van der Waals surface area (Å²) in [6, 6.07) is 7.93. The van der Waals surface area contributed by atoms with Gasteiger partial charge in [0.05, 0.1) is 12.7 Å². The van der Waals surface area contributed by atoms with Crippen LogP contribution < -0.4 is 10.1 Å². The second-order valence-corrected chi connectivity index (χ2v) is 7.45. The molecule has 2 aromatic heterocycles. The van der Waals surface area contributed by atoms with E-state index < -0.39 is 0 Å². The van der Waals surface area contributed by atoms with Crippen LogP contribution in [0.3, 0.4) is 0 Å². The second kappa shape index (κ2) is 8.98. The fourth-order valence-corrected chi connectivity index (χ4v) is 4.04. The van der Waals surface area contributed by atoms with Gasteiger partial charge in [0, 0.05) is 36.1 Å². The standard InChI is InChI=1S/C22H29N3O2/c1-4-19(25-22(26)18-9-10-21(27-3)24-14-18)16-5-7-17(8-6-16)20-13-15(2)11-12-23-20/h9-14,16-17,19H,4-8H2,1-3H3,(H,25,26)/t16-,17+,19-/m1/s1. The van der Waals surface area contributed by atoms with Crippen LogP contribution in [0.15, 0.2) is 36.7 Å². The number of ether oxygens (including phenoxy) is 1. The Bertz CT molecular complexity index is 752. The highest BCUT2D eigenvalue weighted by molar-refractivity contribution is 5.94. The minimum absolute atomic E-state index is 0.0560. The number of aryl methyl sites for hydroxylation is 1. The molecule has 27 heavy (non-hydrogen) atoms. The van der Waals surface area contributed by atoms with E-state index in [1.165, 1.54) is 11.3 Å². The Morgan fingerprint density at radius 3 is 2.59 bits per heavy atom. The molecule has 5 heteroatoms. The molecule has 0 spiro atoms. The third-order valence-corrected chi connectivity index (χ3v) is 5.66. The molecule has 5 nitrogen and oxygen atoms in total. The molecule has 0 radical (unpaired) electrons. The van der Waals surface area contributed by atoms with E-state index in [9.17, 15) is 4.79 Å². The van der Waals surface area contributed by atoms with Crippen molar-refractivity contribution in [1.82, 2.24) is 15.3 Å². The average Bonchev–Trinajstić information content (AvgIpc) is 2.72. The molecular formula is C22H29N3O2. The molecule has 144 valence electrons. The topological polar surface area (TPSA) is 64.1 Å². The van der Waals surface area contributed by atoms with E-state index in [1.807, 2.05) is 12.3 Å². The monoisotopic (exact) mass is 367 g/mol. The maximum Gasteiger partial charge on any atom is 0.253 e. The van der Waals surface area contributed by atoms with Gasteiger partial charge < -0.3 is 10.1 Å². The van der Waals surface area contributed by atoms with Gasteiger partial charge in [0.2, 0.25) is 5.88 Å². The molecule has 1 atom stereocenters. The number of pyridine rings is 2. The van der Waals surface area contributed by atoms with Crippen molar-refractivity contribution in [3.63, 3.8) is 0 Å². The molecule has 0 unspecified atom stereocenters. The summed E-state index contributed by atoms with van der Waals surface area (Å²) in [5.74, 6) is 1.52. The summed E-state index contributed by atoms with van der Waals surface area (Å²) < 4.78 is 5.05. The lowest BCUT2D eigenvalue weighted by molar-refractivity contribution is 0.0908. The molecule has 1 amide bonds. The number of methoxy groups -OCH3 is 1. The first-order valence-electron chi connectivity index (χ1n) is 9.84. The number of carbonyl (C=O) groups is 1. The number of aromatic nitrogens is 2. The molecule has 0 aromatic carbocycles. The summed E-state index contributed by atoms with van der Waals surface area (Å²) >= 11 is 0. The van der Waals surface area contributed by atoms with Gasteiger partial charge in [-0.15, -0.1) is 0 Å². The van der Waals surface area contributed by atoms with Crippen molar-refractivity contribution in [2.24, 2.45) is 5.92 Å². The van der Waals surface area contributed by atoms with Crippen LogP contribution >= 0.6 is 0 Å². The molecule has 1 saturated carbocycles. The number of nitrogens with zero attached hydrogens (tertiary/aromatic N) is 2. The Morgan fingerprint density at radius 1 is 1.22 bits per heavy atom. The smallest absolute Gasteiger partial charge is 0.253 e. The van der Waals surface area contributed by atoms with Crippen molar-refractivity contribution >= 4 is 5.91 Å². The Balaban J connectivity index is 1.57. The molecule has 2 heterocycles. The summed E-state index contributed by atoms with van der Waals surface area (Å²) in [4.78, 5) is 21.3. The Morgan fingerprint density at radius 2 is 2.00 bits per heavy atom. The van der Waals surface area contributed by atoms with Crippen LogP contribution in [-0.4, -0.2) is 29.0 Å². The van der Waals surface area contributed by atoms with Crippen LogP contribution in [0.2, 0.25) is 0 Å². The lowest BCUT2D eigenvalue weighted by atomic mass is 9.76. The van der Waals surface area contributed by atoms with Crippen molar-refractivity contribution in [2.45, 2.75) is 57.9 Å². The second-order valence-electron chi connectivity index (χ2n) is 7.45. The van der Waals surface area contributed by atoms with Gasteiger partial charge in [-0.25, -0.2) is 4.98 Å². The maximum absolute atomic E-state index is 12.6. The summed E-state index contributed by atoms with van der Waals surface area (Å²) in [7, 11) is 1.57. The molecule has 1 aliphatic rings. The Kier molecular flexibility index (Phi) is 6.43. The van der Waals surface area contributed by atoms with Gasteiger partial charge >= 0.3 is 0 Å². The van der Waals surface area contributed by atoms with Gasteiger partial charge in [0.25, 0.3) is 5.91 Å². The molecule has 0 saturated heterocycles. The largest absolute Gasteiger partial charge is 0.481 e. The lowest BCUT2D eigenvalue weighted by Crippen LogP contribution is -2.41. The van der Waals surface area contributed by atoms with Gasteiger partial charge in [0.1, 0.15) is 0 Å². The zero-order valence-electron chi connectivity index (χ0n) is 16.4. The number of hydrogen-bond donors (Lipinski definition) is 1. The molecular weight excluding hydrogens is 338 g/mol. The maximum atomic E-state index is 12.6. The minimum Gasteiger partial charge on any atom is -0.481 e. The molecule has 0 bridgehead atoms. The molecule has 3 rings (SSSR count). The molecule has 1 N–H and O–H groups in total. The number of nitrogens with one attached hydrogen (secondary N) is 1. The number of hydrogen-bond acceptors (Lipinski definition) is 4. The zero-order chi connectivity index (χ0) is 19.2. The molecule has 0 aliphatic heterocycles. The van der Waals surface area contributed by atoms with E-state index in [2.05, 4.69) is 35.2 Å². The molecule has 1 aliphatic carbocycles. The highest BCUT2D eigenvalue weighted by Gasteiger charge is 2.29. The zero-order valence-corrected chi connectivity index (χ0v) is 16.4. The van der Waals surface area contributed by atoms with E-state index in [0.717, 1.165) is 32.1 Å². The van der Waals surface area contributed by atoms with Crippen LogP contribution in [0, 0.1) is 12.8 Å². The van der Waals surface area contributed by atoms with Gasteiger partial charge in [-0.2, -0.15) is 0 Å². The minimum atomic E-state index is -0.0560. The quantitative estimate of drug-likeness (QED) is 0.828. The SMILES string of the molecule is CC[C@@H](NC(=O)c1ccc(OC)nc1)[C@H]1CC[C@@H](c2cc(C)ccn2)CC1. The summed E-state index contributed by atoms with van der Waals surface area (Å²) in [6.45, 7) is 4.26. The lowest BCUT2D eigenvalue weighted by Gasteiger charge is -2.34. The first-order chi connectivity index (χ1) is 13.1. The first kappa shape index (κ1) is 19.3. The van der Waals surface area contributed by atoms with E-state index in [-0.39, 0.29) is 11.9 Å². The van der Waals surface area contributed by atoms with Crippen LogP contribution in [0.5, 0.6) is 5.88 Å². The van der Waals surface area contributed by atoms with Gasteiger partial charge in [-0.1, -0.05) is 6.92 Å². The highest BCUT2D eigenvalue weighted by atomic mass is 16.5.